The lowest BCUT2D eigenvalue weighted by Crippen LogP contribution is -2.50. The Morgan fingerprint density at radius 1 is 1.08 bits per heavy atom. The molecule has 2 N–H and O–H groups in total. The molecule has 7 heteroatoms. The monoisotopic (exact) mass is 515 g/mol. The minimum Gasteiger partial charge on any atom is -0.493 e. The first-order valence-electron chi connectivity index (χ1n) is 13.5. The third-order valence-corrected chi connectivity index (χ3v) is 7.85. The van der Waals surface area contributed by atoms with Crippen molar-refractivity contribution in [3.05, 3.63) is 59.4 Å². The second-order valence-corrected chi connectivity index (χ2v) is 10.1. The standard InChI is InChI=1S/C30H42FNO5/c1-4-5-6-7-9-26(29(33)34)30(35,25-10-8-11-27(36-2)28(25)37-3)23-17-20-32(21-18-23)19-16-22-12-14-24(31)15-13-22/h8,10-15,23,26,35H,4-7,9,16-21H2,1-3H3,(H,33,34). The molecule has 2 aromatic carbocycles. The molecule has 6 nitrogen and oxygen atoms in total. The molecule has 37 heavy (non-hydrogen) atoms. The van der Waals surface area contributed by atoms with Crippen LogP contribution in [0.2, 0.25) is 0 Å². The number of likely N-dealkylation sites (tertiary alicyclic amines) is 1. The van der Waals surface area contributed by atoms with Crippen LogP contribution in [0.4, 0.5) is 4.39 Å². The fourth-order valence-electron chi connectivity index (χ4n) is 5.74. The van der Waals surface area contributed by atoms with Crippen LogP contribution in [0.25, 0.3) is 0 Å². The van der Waals surface area contributed by atoms with Gasteiger partial charge in [-0.3, -0.25) is 4.79 Å². The fourth-order valence-corrected chi connectivity index (χ4v) is 5.74. The van der Waals surface area contributed by atoms with Crippen molar-refractivity contribution in [3.8, 4) is 11.5 Å². The molecule has 0 aliphatic carbocycles. The van der Waals surface area contributed by atoms with Gasteiger partial charge in [-0.1, -0.05) is 56.9 Å². The van der Waals surface area contributed by atoms with Crippen LogP contribution in [-0.4, -0.2) is 54.9 Å². The zero-order chi connectivity index (χ0) is 26.8. The van der Waals surface area contributed by atoms with Crippen molar-refractivity contribution in [2.24, 2.45) is 11.8 Å². The van der Waals surface area contributed by atoms with Crippen molar-refractivity contribution in [2.75, 3.05) is 33.9 Å². The van der Waals surface area contributed by atoms with Crippen molar-refractivity contribution in [1.82, 2.24) is 4.90 Å². The number of carboxylic acid groups (broad SMARTS) is 1. The van der Waals surface area contributed by atoms with Gasteiger partial charge in [-0.2, -0.15) is 0 Å². The molecule has 1 saturated heterocycles. The molecular weight excluding hydrogens is 473 g/mol. The maximum absolute atomic E-state index is 13.2. The van der Waals surface area contributed by atoms with Crippen LogP contribution in [0.5, 0.6) is 11.5 Å². The molecule has 0 amide bonds. The van der Waals surface area contributed by atoms with Gasteiger partial charge in [0.25, 0.3) is 0 Å². The minimum atomic E-state index is -1.60. The summed E-state index contributed by atoms with van der Waals surface area (Å²) in [5, 5.41) is 22.8. The van der Waals surface area contributed by atoms with E-state index in [0.717, 1.165) is 57.3 Å². The second-order valence-electron chi connectivity index (χ2n) is 10.1. The molecule has 0 saturated carbocycles. The number of hydrogen-bond acceptors (Lipinski definition) is 5. The first kappa shape index (κ1) is 28.9. The molecule has 2 unspecified atom stereocenters. The van der Waals surface area contributed by atoms with Crippen molar-refractivity contribution in [2.45, 2.75) is 63.9 Å². The zero-order valence-corrected chi connectivity index (χ0v) is 22.4. The molecule has 0 spiro atoms. The maximum atomic E-state index is 13.2. The van der Waals surface area contributed by atoms with Crippen LogP contribution in [0.1, 0.15) is 63.0 Å². The Morgan fingerprint density at radius 3 is 2.38 bits per heavy atom. The van der Waals surface area contributed by atoms with Crippen molar-refractivity contribution in [1.29, 1.82) is 0 Å². The van der Waals surface area contributed by atoms with Crippen LogP contribution in [0.3, 0.4) is 0 Å². The normalized spacial score (nSPS) is 17.2. The molecule has 0 bridgehead atoms. The Hall–Kier alpha value is -2.64. The highest BCUT2D eigenvalue weighted by atomic mass is 19.1. The van der Waals surface area contributed by atoms with E-state index in [1.54, 1.807) is 25.3 Å². The van der Waals surface area contributed by atoms with E-state index in [4.69, 9.17) is 9.47 Å². The van der Waals surface area contributed by atoms with Gasteiger partial charge in [-0.15, -0.1) is 0 Å². The van der Waals surface area contributed by atoms with Gasteiger partial charge in [0.15, 0.2) is 11.5 Å². The molecule has 1 aliphatic heterocycles. The predicted octanol–water partition coefficient (Wildman–Crippen LogP) is 5.66. The summed E-state index contributed by atoms with van der Waals surface area (Å²) in [6, 6.07) is 11.9. The Kier molecular flexibility index (Phi) is 10.8. The summed E-state index contributed by atoms with van der Waals surface area (Å²) >= 11 is 0. The maximum Gasteiger partial charge on any atom is 0.309 e. The summed E-state index contributed by atoms with van der Waals surface area (Å²) in [7, 11) is 3.07. The highest BCUT2D eigenvalue weighted by molar-refractivity contribution is 5.73. The number of carboxylic acids is 1. The van der Waals surface area contributed by atoms with Gasteiger partial charge in [-0.05, 0) is 68.5 Å². The number of halogens is 1. The average molecular weight is 516 g/mol. The second kappa shape index (κ2) is 13.8. The Labute approximate surface area is 220 Å². The molecule has 2 atom stereocenters. The summed E-state index contributed by atoms with van der Waals surface area (Å²) in [5.74, 6) is -1.55. The summed E-state index contributed by atoms with van der Waals surface area (Å²) in [4.78, 5) is 15.0. The average Bonchev–Trinajstić information content (AvgIpc) is 2.92. The predicted molar refractivity (Wildman–Crippen MR) is 143 cm³/mol. The van der Waals surface area contributed by atoms with Gasteiger partial charge < -0.3 is 24.6 Å². The largest absolute Gasteiger partial charge is 0.493 e. The van der Waals surface area contributed by atoms with Crippen LogP contribution in [0, 0.1) is 17.7 Å². The molecule has 204 valence electrons. The quantitative estimate of drug-likeness (QED) is 0.316. The summed E-state index contributed by atoms with van der Waals surface area (Å²) in [6.07, 6.45) is 6.33. The molecule has 1 aliphatic rings. The van der Waals surface area contributed by atoms with E-state index in [1.807, 2.05) is 12.1 Å². The van der Waals surface area contributed by atoms with E-state index >= 15 is 0 Å². The zero-order valence-electron chi connectivity index (χ0n) is 22.4. The smallest absolute Gasteiger partial charge is 0.309 e. The highest BCUT2D eigenvalue weighted by Crippen LogP contribution is 2.49. The van der Waals surface area contributed by atoms with Gasteiger partial charge in [0.2, 0.25) is 0 Å². The third-order valence-electron chi connectivity index (χ3n) is 7.85. The number of benzene rings is 2. The number of aliphatic carboxylic acids is 1. The van der Waals surface area contributed by atoms with E-state index in [9.17, 15) is 19.4 Å². The van der Waals surface area contributed by atoms with Gasteiger partial charge in [0, 0.05) is 12.1 Å². The molecular formula is C30H42FNO5. The number of aliphatic hydroxyl groups is 1. The number of unbranched alkanes of at least 4 members (excludes halogenated alkanes) is 3. The highest BCUT2D eigenvalue weighted by Gasteiger charge is 2.51. The van der Waals surface area contributed by atoms with Crippen molar-refractivity contribution < 1.29 is 28.9 Å². The minimum absolute atomic E-state index is 0.237. The van der Waals surface area contributed by atoms with Gasteiger partial charge >= 0.3 is 5.97 Å². The number of ether oxygens (including phenoxy) is 2. The van der Waals surface area contributed by atoms with E-state index in [0.29, 0.717) is 36.3 Å². The number of carbonyl (C=O) groups is 1. The van der Waals surface area contributed by atoms with E-state index in [-0.39, 0.29) is 11.7 Å². The number of methoxy groups -OCH3 is 2. The number of para-hydroxylation sites is 1. The van der Waals surface area contributed by atoms with Crippen LogP contribution < -0.4 is 9.47 Å². The number of piperidine rings is 1. The lowest BCUT2D eigenvalue weighted by atomic mass is 9.67. The van der Waals surface area contributed by atoms with E-state index in [2.05, 4.69) is 11.8 Å². The summed E-state index contributed by atoms with van der Waals surface area (Å²) in [6.45, 7) is 4.46. The number of rotatable bonds is 14. The Balaban J connectivity index is 1.84. The first-order chi connectivity index (χ1) is 17.8. The third kappa shape index (κ3) is 7.02. The molecule has 3 rings (SSSR count). The SMILES string of the molecule is CCCCCCC(C(=O)O)C(O)(c1cccc(OC)c1OC)C1CCN(CCc2ccc(F)cc2)CC1. The molecule has 2 aromatic rings. The number of hydrogen-bond donors (Lipinski definition) is 2. The first-order valence-corrected chi connectivity index (χ1v) is 13.5. The Morgan fingerprint density at radius 2 is 1.78 bits per heavy atom. The summed E-state index contributed by atoms with van der Waals surface area (Å²) < 4.78 is 24.4. The van der Waals surface area contributed by atoms with Gasteiger partial charge in [0.05, 0.1) is 20.1 Å². The van der Waals surface area contributed by atoms with E-state index in [1.165, 1.54) is 19.2 Å². The van der Waals surface area contributed by atoms with Crippen molar-refractivity contribution >= 4 is 5.97 Å². The number of nitrogens with zero attached hydrogens (tertiary/aromatic N) is 1. The lowest BCUT2D eigenvalue weighted by molar-refractivity contribution is -0.163. The molecule has 1 fully saturated rings. The molecule has 1 heterocycles. The topological polar surface area (TPSA) is 79.2 Å². The van der Waals surface area contributed by atoms with Crippen molar-refractivity contribution in [3.63, 3.8) is 0 Å². The van der Waals surface area contributed by atoms with Crippen LogP contribution in [-0.2, 0) is 16.8 Å². The van der Waals surface area contributed by atoms with Gasteiger partial charge in [-0.25, -0.2) is 4.39 Å². The Bertz CT molecular complexity index is 990. The van der Waals surface area contributed by atoms with E-state index < -0.39 is 17.5 Å². The molecule has 0 radical (unpaired) electrons. The fraction of sp³-hybridized carbons (Fsp3) is 0.567. The van der Waals surface area contributed by atoms with Crippen LogP contribution >= 0.6 is 0 Å². The summed E-state index contributed by atoms with van der Waals surface area (Å²) in [5.41, 5.74) is -0.0257. The van der Waals surface area contributed by atoms with Gasteiger partial charge in [0.1, 0.15) is 11.4 Å². The molecule has 0 aromatic heterocycles. The lowest BCUT2D eigenvalue weighted by Gasteiger charge is -2.45. The van der Waals surface area contributed by atoms with Crippen LogP contribution in [0.15, 0.2) is 42.5 Å².